The first-order valence-electron chi connectivity index (χ1n) is 5.39. The van der Waals surface area contributed by atoms with Crippen molar-refractivity contribution in [3.05, 3.63) is 17.5 Å². The molecule has 0 atom stereocenters. The number of rotatable bonds is 4. The Morgan fingerprint density at radius 2 is 2.12 bits per heavy atom. The molecule has 1 heterocycles. The van der Waals surface area contributed by atoms with Crippen LogP contribution in [0.2, 0.25) is 5.15 Å². The number of carbonyl (C=O) groups is 1. The van der Waals surface area contributed by atoms with Crippen molar-refractivity contribution >= 4 is 23.3 Å². The van der Waals surface area contributed by atoms with Gasteiger partial charge in [-0.3, -0.25) is 4.79 Å². The lowest BCUT2D eigenvalue weighted by atomic mass is 10.1. The molecule has 1 aromatic rings. The lowest BCUT2D eigenvalue weighted by Gasteiger charge is -2.20. The first kappa shape index (κ1) is 13.7. The monoisotopic (exact) mass is 256 g/mol. The zero-order valence-electron chi connectivity index (χ0n) is 10.2. The Morgan fingerprint density at radius 3 is 2.71 bits per heavy atom. The fraction of sp³-hybridized carbons (Fsp3) is 0.545. The molecule has 0 fully saturated rings. The van der Waals surface area contributed by atoms with Crippen molar-refractivity contribution in [3.8, 4) is 0 Å². The van der Waals surface area contributed by atoms with Gasteiger partial charge in [0, 0.05) is 24.6 Å². The molecular weight excluding hydrogens is 240 g/mol. The highest BCUT2D eigenvalue weighted by Gasteiger charge is 2.12. The minimum Gasteiger partial charge on any atom is -0.369 e. The predicted octanol–water partition coefficient (Wildman–Crippen LogP) is 1.85. The average molecular weight is 257 g/mol. The van der Waals surface area contributed by atoms with E-state index in [4.69, 9.17) is 11.6 Å². The second-order valence-electron chi connectivity index (χ2n) is 4.70. The molecule has 5 nitrogen and oxygen atoms in total. The van der Waals surface area contributed by atoms with Crippen molar-refractivity contribution in [3.63, 3.8) is 0 Å². The molecule has 0 aliphatic carbocycles. The van der Waals surface area contributed by atoms with Crippen LogP contribution in [0, 0.1) is 0 Å². The topological polar surface area (TPSA) is 66.9 Å². The van der Waals surface area contributed by atoms with Crippen LogP contribution < -0.4 is 10.6 Å². The summed E-state index contributed by atoms with van der Waals surface area (Å²) in [4.78, 5) is 19.2. The van der Waals surface area contributed by atoms with E-state index in [0.29, 0.717) is 23.9 Å². The number of anilines is 1. The highest BCUT2D eigenvalue weighted by molar-refractivity contribution is 6.29. The third-order valence-corrected chi connectivity index (χ3v) is 2.01. The SMILES string of the molecule is CC(C)(C)NC(=O)CCNc1cc(Cl)ncn1. The summed E-state index contributed by atoms with van der Waals surface area (Å²) in [7, 11) is 0. The molecule has 1 aromatic heterocycles. The highest BCUT2D eigenvalue weighted by atomic mass is 35.5. The summed E-state index contributed by atoms with van der Waals surface area (Å²) in [5.74, 6) is 0.624. The zero-order chi connectivity index (χ0) is 12.9. The van der Waals surface area contributed by atoms with Crippen LogP contribution in [0.4, 0.5) is 5.82 Å². The number of aromatic nitrogens is 2. The molecule has 1 rings (SSSR count). The van der Waals surface area contributed by atoms with E-state index >= 15 is 0 Å². The fourth-order valence-corrected chi connectivity index (χ4v) is 1.36. The van der Waals surface area contributed by atoms with E-state index in [9.17, 15) is 4.79 Å². The number of halogens is 1. The molecule has 0 saturated carbocycles. The summed E-state index contributed by atoms with van der Waals surface area (Å²) >= 11 is 5.70. The fourth-order valence-electron chi connectivity index (χ4n) is 1.22. The van der Waals surface area contributed by atoms with Crippen molar-refractivity contribution in [2.24, 2.45) is 0 Å². The molecule has 17 heavy (non-hydrogen) atoms. The van der Waals surface area contributed by atoms with E-state index in [1.807, 2.05) is 20.8 Å². The van der Waals surface area contributed by atoms with E-state index in [1.54, 1.807) is 6.07 Å². The Hall–Kier alpha value is -1.36. The van der Waals surface area contributed by atoms with Gasteiger partial charge in [-0.25, -0.2) is 9.97 Å². The minimum atomic E-state index is -0.199. The van der Waals surface area contributed by atoms with Gasteiger partial charge >= 0.3 is 0 Å². The van der Waals surface area contributed by atoms with Crippen molar-refractivity contribution in [1.29, 1.82) is 0 Å². The first-order valence-corrected chi connectivity index (χ1v) is 5.77. The quantitative estimate of drug-likeness (QED) is 0.807. The second-order valence-corrected chi connectivity index (χ2v) is 5.09. The highest BCUT2D eigenvalue weighted by Crippen LogP contribution is 2.08. The van der Waals surface area contributed by atoms with E-state index in [-0.39, 0.29) is 11.4 Å². The number of nitrogens with zero attached hydrogens (tertiary/aromatic N) is 2. The Bertz CT molecular complexity index is 389. The predicted molar refractivity (Wildman–Crippen MR) is 68.0 cm³/mol. The Morgan fingerprint density at radius 1 is 1.41 bits per heavy atom. The van der Waals surface area contributed by atoms with Gasteiger partial charge in [-0.05, 0) is 20.8 Å². The molecule has 0 aliphatic heterocycles. The maximum absolute atomic E-state index is 11.5. The molecule has 0 aromatic carbocycles. The van der Waals surface area contributed by atoms with E-state index in [2.05, 4.69) is 20.6 Å². The van der Waals surface area contributed by atoms with Crippen LogP contribution in [0.1, 0.15) is 27.2 Å². The van der Waals surface area contributed by atoms with Crippen molar-refractivity contribution in [2.75, 3.05) is 11.9 Å². The van der Waals surface area contributed by atoms with Crippen LogP contribution in [0.3, 0.4) is 0 Å². The van der Waals surface area contributed by atoms with Gasteiger partial charge in [-0.15, -0.1) is 0 Å². The van der Waals surface area contributed by atoms with Crippen molar-refractivity contribution in [2.45, 2.75) is 32.7 Å². The average Bonchev–Trinajstić information content (AvgIpc) is 2.14. The molecular formula is C11H17ClN4O. The molecule has 0 unspecified atom stereocenters. The molecule has 94 valence electrons. The summed E-state index contributed by atoms with van der Waals surface area (Å²) in [5, 5.41) is 6.26. The van der Waals surface area contributed by atoms with Crippen LogP contribution in [0.15, 0.2) is 12.4 Å². The molecule has 0 radical (unpaired) electrons. The number of hydrogen-bond donors (Lipinski definition) is 2. The number of hydrogen-bond acceptors (Lipinski definition) is 4. The molecule has 0 bridgehead atoms. The molecule has 0 spiro atoms. The van der Waals surface area contributed by atoms with Crippen LogP contribution >= 0.6 is 11.6 Å². The summed E-state index contributed by atoms with van der Waals surface area (Å²) in [5.41, 5.74) is -0.199. The minimum absolute atomic E-state index is 0.00477. The molecule has 0 saturated heterocycles. The van der Waals surface area contributed by atoms with Gasteiger partial charge in [0.25, 0.3) is 0 Å². The third kappa shape index (κ3) is 6.06. The number of carbonyl (C=O) groups excluding carboxylic acids is 1. The van der Waals surface area contributed by atoms with Crippen LogP contribution in [0.5, 0.6) is 0 Å². The first-order chi connectivity index (χ1) is 7.87. The van der Waals surface area contributed by atoms with E-state index in [0.717, 1.165) is 0 Å². The lowest BCUT2D eigenvalue weighted by molar-refractivity contribution is -0.122. The van der Waals surface area contributed by atoms with Crippen molar-refractivity contribution in [1.82, 2.24) is 15.3 Å². The van der Waals surface area contributed by atoms with Gasteiger partial charge in [0.2, 0.25) is 5.91 Å². The maximum Gasteiger partial charge on any atom is 0.222 e. The summed E-state index contributed by atoms with van der Waals surface area (Å²) < 4.78 is 0. The van der Waals surface area contributed by atoms with Gasteiger partial charge in [-0.1, -0.05) is 11.6 Å². The van der Waals surface area contributed by atoms with Gasteiger partial charge in [0.05, 0.1) is 0 Å². The Kier molecular flexibility index (Phi) is 4.69. The second kappa shape index (κ2) is 5.82. The van der Waals surface area contributed by atoms with Crippen LogP contribution in [0.25, 0.3) is 0 Å². The largest absolute Gasteiger partial charge is 0.369 e. The lowest BCUT2D eigenvalue weighted by Crippen LogP contribution is -2.41. The van der Waals surface area contributed by atoms with Gasteiger partial charge < -0.3 is 10.6 Å². The van der Waals surface area contributed by atoms with E-state index < -0.39 is 0 Å². The standard InChI is InChI=1S/C11H17ClN4O/c1-11(2,3)16-10(17)4-5-13-9-6-8(12)14-7-15-9/h6-7H,4-5H2,1-3H3,(H,16,17)(H,13,14,15). The van der Waals surface area contributed by atoms with E-state index in [1.165, 1.54) is 6.33 Å². The third-order valence-electron chi connectivity index (χ3n) is 1.81. The number of amides is 1. The summed E-state index contributed by atoms with van der Waals surface area (Å²) in [6, 6.07) is 1.61. The van der Waals surface area contributed by atoms with Crippen molar-refractivity contribution < 1.29 is 4.79 Å². The summed E-state index contributed by atoms with van der Waals surface area (Å²) in [6.45, 7) is 6.35. The van der Waals surface area contributed by atoms with Gasteiger partial charge in [0.15, 0.2) is 0 Å². The number of nitrogens with one attached hydrogen (secondary N) is 2. The van der Waals surface area contributed by atoms with Crippen LogP contribution in [-0.4, -0.2) is 28.0 Å². The maximum atomic E-state index is 11.5. The summed E-state index contributed by atoms with van der Waals surface area (Å²) in [6.07, 6.45) is 1.76. The van der Waals surface area contributed by atoms with Crippen LogP contribution in [-0.2, 0) is 4.79 Å². The normalized spacial score (nSPS) is 11.1. The smallest absolute Gasteiger partial charge is 0.222 e. The molecule has 6 heteroatoms. The Balaban J connectivity index is 2.31. The molecule has 1 amide bonds. The van der Waals surface area contributed by atoms with Gasteiger partial charge in [0.1, 0.15) is 17.3 Å². The molecule has 0 aliphatic rings. The molecule has 2 N–H and O–H groups in total. The zero-order valence-corrected chi connectivity index (χ0v) is 11.0. The Labute approximate surface area is 106 Å². The van der Waals surface area contributed by atoms with Gasteiger partial charge in [-0.2, -0.15) is 0 Å².